The van der Waals surface area contributed by atoms with Gasteiger partial charge in [-0.3, -0.25) is 0 Å². The van der Waals surface area contributed by atoms with Crippen LogP contribution in [0.4, 0.5) is 5.69 Å². The average molecular weight is 495 g/mol. The van der Waals surface area contributed by atoms with E-state index in [-0.39, 0.29) is 22.4 Å². The van der Waals surface area contributed by atoms with Crippen molar-refractivity contribution in [1.82, 2.24) is 4.57 Å². The lowest BCUT2D eigenvalue weighted by Gasteiger charge is -2.21. The highest BCUT2D eigenvalue weighted by Gasteiger charge is 2.37. The predicted molar refractivity (Wildman–Crippen MR) is 136 cm³/mol. The summed E-state index contributed by atoms with van der Waals surface area (Å²) in [6, 6.07) is 19.0. The molecular weight excluding hydrogens is 472 g/mol. The van der Waals surface area contributed by atoms with Crippen molar-refractivity contribution >= 4 is 29.4 Å². The van der Waals surface area contributed by atoms with Crippen LogP contribution >= 0.6 is 0 Å². The molecule has 184 valence electrons. The van der Waals surface area contributed by atoms with Crippen LogP contribution in [0, 0.1) is 42.4 Å². The van der Waals surface area contributed by atoms with Gasteiger partial charge in [-0.25, -0.2) is 14.6 Å². The van der Waals surface area contributed by atoms with Gasteiger partial charge in [0.25, 0.3) is 0 Å². The van der Waals surface area contributed by atoms with E-state index in [0.717, 1.165) is 6.07 Å². The highest BCUT2D eigenvalue weighted by molar-refractivity contribution is 6.11. The second-order valence-corrected chi connectivity index (χ2v) is 8.47. The van der Waals surface area contributed by atoms with Crippen molar-refractivity contribution in [3.63, 3.8) is 0 Å². The molecule has 0 radical (unpaired) electrons. The summed E-state index contributed by atoms with van der Waals surface area (Å²) in [5.74, 6) is -3.35. The number of hydrogen-bond donors (Lipinski definition) is 3. The summed E-state index contributed by atoms with van der Waals surface area (Å²) in [5.41, 5.74) is 9.38. The number of aromatic carboxylic acids is 2. The Morgan fingerprint density at radius 2 is 1.62 bits per heavy atom. The van der Waals surface area contributed by atoms with Gasteiger partial charge in [-0.05, 0) is 61.9 Å². The average Bonchev–Trinajstić information content (AvgIpc) is 3.36. The third-order valence-electron chi connectivity index (χ3n) is 6.13. The molecule has 4 rings (SSSR count). The molecule has 1 aliphatic rings. The molecule has 0 amide bonds. The van der Waals surface area contributed by atoms with Gasteiger partial charge in [0.2, 0.25) is 0 Å². The van der Waals surface area contributed by atoms with Gasteiger partial charge in [-0.1, -0.05) is 18.2 Å². The Morgan fingerprint density at radius 3 is 2.16 bits per heavy atom. The largest absolute Gasteiger partial charge is 0.478 e. The number of para-hydroxylation sites is 1. The Labute approximate surface area is 212 Å². The number of nitriles is 2. The molecule has 0 fully saturated rings. The summed E-state index contributed by atoms with van der Waals surface area (Å²) in [5, 5.41) is 44.7. The van der Waals surface area contributed by atoms with Gasteiger partial charge < -0.3 is 20.5 Å². The molecule has 0 saturated carbocycles. The summed E-state index contributed by atoms with van der Waals surface area (Å²) >= 11 is 0. The quantitative estimate of drug-likeness (QED) is 0.436. The number of rotatable bonds is 6. The van der Waals surface area contributed by atoms with E-state index in [1.165, 1.54) is 17.1 Å². The minimum atomic E-state index is -1.25. The number of hydrogen-bond acceptors (Lipinski definition) is 7. The van der Waals surface area contributed by atoms with Crippen molar-refractivity contribution in [3.05, 3.63) is 88.2 Å². The van der Waals surface area contributed by atoms with E-state index in [4.69, 9.17) is 5.73 Å². The smallest absolute Gasteiger partial charge is 0.335 e. The normalized spacial score (nSPS) is 17.2. The highest BCUT2D eigenvalue weighted by Crippen LogP contribution is 2.30. The van der Waals surface area contributed by atoms with Crippen molar-refractivity contribution in [1.29, 1.82) is 10.5 Å². The van der Waals surface area contributed by atoms with Gasteiger partial charge in [-0.15, -0.1) is 0 Å². The number of nitrogens with two attached hydrogens (primary N) is 1. The Kier molecular flexibility index (Phi) is 6.61. The first kappa shape index (κ1) is 24.9. The van der Waals surface area contributed by atoms with E-state index in [1.807, 2.05) is 18.2 Å². The van der Waals surface area contributed by atoms with E-state index in [0.29, 0.717) is 28.3 Å². The lowest BCUT2D eigenvalue weighted by molar-refractivity contribution is 0.0696. The third kappa shape index (κ3) is 4.57. The Bertz CT molecular complexity index is 1520. The van der Waals surface area contributed by atoms with E-state index in [2.05, 4.69) is 17.2 Å². The molecule has 0 unspecified atom stereocenters. The first-order valence-corrected chi connectivity index (χ1v) is 11.2. The number of carboxylic acid groups (broad SMARTS) is 2. The van der Waals surface area contributed by atoms with Gasteiger partial charge in [0.1, 0.15) is 18.2 Å². The number of hydrazone groups is 1. The van der Waals surface area contributed by atoms with Crippen molar-refractivity contribution in [2.45, 2.75) is 20.0 Å². The zero-order chi connectivity index (χ0) is 26.9. The minimum absolute atomic E-state index is 0.159. The molecule has 0 saturated heterocycles. The maximum atomic E-state index is 11.6. The molecule has 1 aromatic heterocycles. The number of aromatic nitrogens is 1. The Hall–Kier alpha value is -5.19. The number of anilines is 1. The zero-order valence-electron chi connectivity index (χ0n) is 20.0. The molecule has 0 bridgehead atoms. The van der Waals surface area contributed by atoms with Crippen LogP contribution in [0.3, 0.4) is 0 Å². The fourth-order valence-corrected chi connectivity index (χ4v) is 4.35. The van der Waals surface area contributed by atoms with Crippen LogP contribution in [0.5, 0.6) is 0 Å². The maximum absolute atomic E-state index is 11.6. The molecule has 10 nitrogen and oxygen atoms in total. The predicted octanol–water partition coefficient (Wildman–Crippen LogP) is 3.70. The summed E-state index contributed by atoms with van der Waals surface area (Å²) in [4.78, 5) is 23.2. The van der Waals surface area contributed by atoms with E-state index in [1.54, 1.807) is 42.7 Å². The van der Waals surface area contributed by atoms with Crippen molar-refractivity contribution < 1.29 is 19.8 Å². The molecule has 2 heterocycles. The summed E-state index contributed by atoms with van der Waals surface area (Å²) in [7, 11) is 0. The number of carboxylic acids is 2. The molecular formula is C27H22N6O4. The van der Waals surface area contributed by atoms with Crippen LogP contribution in [0.1, 0.15) is 37.7 Å². The van der Waals surface area contributed by atoms with Gasteiger partial charge in [0, 0.05) is 17.1 Å². The fourth-order valence-electron chi connectivity index (χ4n) is 4.35. The topological polar surface area (TPSA) is 169 Å². The summed E-state index contributed by atoms with van der Waals surface area (Å²) in [6.07, 6.45) is 0.822. The molecule has 10 heteroatoms. The Morgan fingerprint density at radius 1 is 1.00 bits per heavy atom. The molecule has 1 aliphatic heterocycles. The van der Waals surface area contributed by atoms with Crippen LogP contribution < -0.4 is 10.7 Å². The van der Waals surface area contributed by atoms with Crippen molar-refractivity contribution in [2.24, 2.45) is 16.8 Å². The van der Waals surface area contributed by atoms with Crippen LogP contribution in [-0.4, -0.2) is 38.6 Å². The zero-order valence-corrected chi connectivity index (χ0v) is 20.0. The second-order valence-electron chi connectivity index (χ2n) is 8.47. The first-order chi connectivity index (χ1) is 17.7. The monoisotopic (exact) mass is 494 g/mol. The SMILES string of the molecule is Cc1cc(/C=C(/C#N)C2=NN(c3ccccc3)[C@H](N)[C@@H]2C#N)c(C)n1-c1cc(C(=O)O)cc(C(=O)O)c1. The van der Waals surface area contributed by atoms with Gasteiger partial charge in [0.05, 0.1) is 34.2 Å². The van der Waals surface area contributed by atoms with Gasteiger partial charge >= 0.3 is 11.9 Å². The number of carbonyl (C=O) groups is 2. The third-order valence-corrected chi connectivity index (χ3v) is 6.13. The molecule has 2 atom stereocenters. The molecule has 2 aromatic carbocycles. The maximum Gasteiger partial charge on any atom is 0.335 e. The van der Waals surface area contributed by atoms with Crippen LogP contribution in [0.15, 0.2) is 65.3 Å². The van der Waals surface area contributed by atoms with Gasteiger partial charge in [-0.2, -0.15) is 15.6 Å². The Balaban J connectivity index is 1.81. The highest BCUT2D eigenvalue weighted by atomic mass is 16.4. The van der Waals surface area contributed by atoms with E-state index < -0.39 is 24.0 Å². The molecule has 3 aromatic rings. The van der Waals surface area contributed by atoms with E-state index in [9.17, 15) is 30.3 Å². The second kappa shape index (κ2) is 9.82. The van der Waals surface area contributed by atoms with Crippen molar-refractivity contribution in [2.75, 3.05) is 5.01 Å². The first-order valence-electron chi connectivity index (χ1n) is 11.2. The standard InChI is InChI=1S/C27H22N6O4/c1-15-8-17(16(2)32(15)22-11-18(26(34)35)10-19(12-22)27(36)37)9-20(13-28)24-23(14-29)25(30)33(31-24)21-6-4-3-5-7-21/h3-12,23,25H,30H2,1-2H3,(H,34,35)(H,36,37)/b20-9-/t23-,25+/m1/s1. The van der Waals surface area contributed by atoms with Crippen LogP contribution in [-0.2, 0) is 0 Å². The van der Waals surface area contributed by atoms with Crippen molar-refractivity contribution in [3.8, 4) is 17.8 Å². The molecule has 37 heavy (non-hydrogen) atoms. The summed E-state index contributed by atoms with van der Waals surface area (Å²) < 4.78 is 1.71. The van der Waals surface area contributed by atoms with Gasteiger partial charge in [0.15, 0.2) is 0 Å². The number of benzene rings is 2. The number of nitrogens with zero attached hydrogens (tertiary/aromatic N) is 5. The number of aryl methyl sites for hydroxylation is 1. The summed E-state index contributed by atoms with van der Waals surface area (Å²) in [6.45, 7) is 3.55. The lowest BCUT2D eigenvalue weighted by Crippen LogP contribution is -2.40. The fraction of sp³-hybridized carbons (Fsp3) is 0.148. The molecule has 4 N–H and O–H groups in total. The van der Waals surface area contributed by atoms with Crippen LogP contribution in [0.2, 0.25) is 0 Å². The van der Waals surface area contributed by atoms with E-state index >= 15 is 0 Å². The number of allylic oxidation sites excluding steroid dienone is 1. The lowest BCUT2D eigenvalue weighted by atomic mass is 9.95. The molecule has 0 aliphatic carbocycles. The minimum Gasteiger partial charge on any atom is -0.478 e. The van der Waals surface area contributed by atoms with Crippen LogP contribution in [0.25, 0.3) is 11.8 Å². The molecule has 0 spiro atoms.